The van der Waals surface area contributed by atoms with Crippen LogP contribution in [0.2, 0.25) is 0 Å². The fraction of sp³-hybridized carbons (Fsp3) is 0.333. The minimum Gasteiger partial charge on any atom is -0.469 e. The molecular weight excluding hydrogens is 429 g/mol. The molecular formula is C18H24IN5O. The van der Waals surface area contributed by atoms with Crippen molar-refractivity contribution in [1.82, 2.24) is 20.6 Å². The highest BCUT2D eigenvalue weighted by atomic mass is 127. The van der Waals surface area contributed by atoms with E-state index in [0.29, 0.717) is 6.54 Å². The Kier molecular flexibility index (Phi) is 7.77. The van der Waals surface area contributed by atoms with Crippen molar-refractivity contribution in [2.24, 2.45) is 4.99 Å². The summed E-state index contributed by atoms with van der Waals surface area (Å²) < 4.78 is 5.32. The molecule has 134 valence electrons. The van der Waals surface area contributed by atoms with Crippen LogP contribution in [0.3, 0.4) is 0 Å². The number of benzene rings is 1. The van der Waals surface area contributed by atoms with Crippen molar-refractivity contribution >= 4 is 41.0 Å². The summed E-state index contributed by atoms with van der Waals surface area (Å²) in [5, 5.41) is 6.60. The van der Waals surface area contributed by atoms with E-state index in [1.165, 1.54) is 0 Å². The van der Waals surface area contributed by atoms with Crippen LogP contribution in [0, 0.1) is 0 Å². The van der Waals surface area contributed by atoms with Crippen LogP contribution in [0.5, 0.6) is 0 Å². The molecule has 25 heavy (non-hydrogen) atoms. The van der Waals surface area contributed by atoms with E-state index in [1.54, 1.807) is 6.26 Å². The third-order valence-corrected chi connectivity index (χ3v) is 3.65. The van der Waals surface area contributed by atoms with Crippen LogP contribution in [0.4, 0.5) is 0 Å². The lowest BCUT2D eigenvalue weighted by atomic mass is 10.3. The van der Waals surface area contributed by atoms with Crippen LogP contribution in [0.25, 0.3) is 11.0 Å². The zero-order valence-electron chi connectivity index (χ0n) is 14.3. The number of nitrogens with zero attached hydrogens (tertiary/aromatic N) is 2. The number of guanidine groups is 1. The van der Waals surface area contributed by atoms with Gasteiger partial charge in [-0.15, -0.1) is 24.0 Å². The maximum atomic E-state index is 5.32. The number of imidazole rings is 1. The molecule has 0 aliphatic rings. The lowest BCUT2D eigenvalue weighted by Crippen LogP contribution is -2.38. The second-order valence-corrected chi connectivity index (χ2v) is 5.47. The van der Waals surface area contributed by atoms with E-state index in [0.717, 1.165) is 54.5 Å². The number of para-hydroxylation sites is 2. The summed E-state index contributed by atoms with van der Waals surface area (Å²) >= 11 is 0. The fourth-order valence-electron chi connectivity index (χ4n) is 2.50. The van der Waals surface area contributed by atoms with E-state index in [-0.39, 0.29) is 24.0 Å². The number of nitrogens with one attached hydrogen (secondary N) is 3. The highest BCUT2D eigenvalue weighted by Gasteiger charge is 2.03. The molecule has 1 aromatic carbocycles. The second kappa shape index (κ2) is 10.1. The zero-order valence-corrected chi connectivity index (χ0v) is 16.6. The van der Waals surface area contributed by atoms with Gasteiger partial charge in [0.15, 0.2) is 5.96 Å². The summed E-state index contributed by atoms with van der Waals surface area (Å²) in [6.45, 7) is 4.35. The normalized spacial score (nSPS) is 11.3. The molecule has 7 heteroatoms. The number of aliphatic imine (C=N–C) groups is 1. The number of hydrogen-bond donors (Lipinski definition) is 3. The Bertz CT molecular complexity index is 749. The molecule has 2 aromatic heterocycles. The number of furan rings is 1. The molecule has 0 saturated heterocycles. The number of H-pyrrole nitrogens is 1. The van der Waals surface area contributed by atoms with Crippen LogP contribution < -0.4 is 10.6 Å². The van der Waals surface area contributed by atoms with Crippen molar-refractivity contribution in [2.75, 3.05) is 19.6 Å². The number of aromatic amines is 1. The van der Waals surface area contributed by atoms with Gasteiger partial charge in [0.2, 0.25) is 0 Å². The summed E-state index contributed by atoms with van der Waals surface area (Å²) in [5.74, 6) is 2.76. The second-order valence-electron chi connectivity index (χ2n) is 5.47. The summed E-state index contributed by atoms with van der Waals surface area (Å²) in [7, 11) is 0. The highest BCUT2D eigenvalue weighted by Crippen LogP contribution is 2.10. The third-order valence-electron chi connectivity index (χ3n) is 3.65. The van der Waals surface area contributed by atoms with Crippen molar-refractivity contribution in [1.29, 1.82) is 0 Å². The van der Waals surface area contributed by atoms with Crippen LogP contribution in [-0.4, -0.2) is 35.6 Å². The zero-order chi connectivity index (χ0) is 16.6. The Morgan fingerprint density at radius 1 is 1.16 bits per heavy atom. The van der Waals surface area contributed by atoms with Crippen LogP contribution in [0.1, 0.15) is 18.5 Å². The smallest absolute Gasteiger partial charge is 0.191 e. The molecule has 0 radical (unpaired) electrons. The van der Waals surface area contributed by atoms with Crippen LogP contribution >= 0.6 is 24.0 Å². The van der Waals surface area contributed by atoms with Gasteiger partial charge < -0.3 is 20.0 Å². The fourth-order valence-corrected chi connectivity index (χ4v) is 2.50. The average molecular weight is 453 g/mol. The van der Waals surface area contributed by atoms with Crippen molar-refractivity contribution in [3.8, 4) is 0 Å². The van der Waals surface area contributed by atoms with Gasteiger partial charge in [0.25, 0.3) is 0 Å². The standard InChI is InChI=1S/C18H23N5O.HI/c1-2-19-18(20-11-9-14-6-5-13-24-14)21-12-10-17-22-15-7-3-4-8-16(15)23-17;/h3-8,13H,2,9-12H2,1H3,(H,22,23)(H2,19,20,21);1H. The molecule has 0 spiro atoms. The van der Waals surface area contributed by atoms with Gasteiger partial charge in [0.05, 0.1) is 17.3 Å². The Morgan fingerprint density at radius 3 is 2.80 bits per heavy atom. The van der Waals surface area contributed by atoms with Gasteiger partial charge in [0, 0.05) is 32.5 Å². The third kappa shape index (κ3) is 5.77. The van der Waals surface area contributed by atoms with Crippen molar-refractivity contribution in [3.63, 3.8) is 0 Å². The summed E-state index contributed by atoms with van der Waals surface area (Å²) in [6, 6.07) is 11.9. The summed E-state index contributed by atoms with van der Waals surface area (Å²) in [6.07, 6.45) is 3.31. The van der Waals surface area contributed by atoms with Crippen LogP contribution in [0.15, 0.2) is 52.1 Å². The molecule has 6 nitrogen and oxygen atoms in total. The number of hydrogen-bond acceptors (Lipinski definition) is 3. The quantitative estimate of drug-likeness (QED) is 0.292. The van der Waals surface area contributed by atoms with E-state index < -0.39 is 0 Å². The largest absolute Gasteiger partial charge is 0.469 e. The molecule has 0 bridgehead atoms. The monoisotopic (exact) mass is 453 g/mol. The molecule has 0 atom stereocenters. The van der Waals surface area contributed by atoms with Crippen molar-refractivity contribution in [2.45, 2.75) is 19.8 Å². The predicted molar refractivity (Wildman–Crippen MR) is 112 cm³/mol. The van der Waals surface area contributed by atoms with E-state index in [2.05, 4.69) is 32.5 Å². The average Bonchev–Trinajstić information content (AvgIpc) is 3.23. The molecule has 3 rings (SSSR count). The van der Waals surface area contributed by atoms with E-state index >= 15 is 0 Å². The van der Waals surface area contributed by atoms with Gasteiger partial charge in [0.1, 0.15) is 11.6 Å². The first-order valence-electron chi connectivity index (χ1n) is 8.33. The molecule has 3 N–H and O–H groups in total. The SMILES string of the molecule is CCNC(=NCCc1ccco1)NCCc1nc2ccccc2[nH]1.I. The molecule has 0 unspecified atom stereocenters. The highest BCUT2D eigenvalue weighted by molar-refractivity contribution is 14.0. The predicted octanol–water partition coefficient (Wildman–Crippen LogP) is 3.11. The maximum Gasteiger partial charge on any atom is 0.191 e. The van der Waals surface area contributed by atoms with Gasteiger partial charge >= 0.3 is 0 Å². The first-order chi connectivity index (χ1) is 11.8. The molecule has 0 amide bonds. The Balaban J connectivity index is 0.00000225. The van der Waals surface area contributed by atoms with Gasteiger partial charge in [-0.05, 0) is 31.2 Å². The molecule has 0 fully saturated rings. The molecule has 0 aliphatic heterocycles. The van der Waals surface area contributed by atoms with E-state index in [4.69, 9.17) is 4.42 Å². The summed E-state index contributed by atoms with van der Waals surface area (Å²) in [4.78, 5) is 12.5. The first-order valence-corrected chi connectivity index (χ1v) is 8.33. The van der Waals surface area contributed by atoms with Gasteiger partial charge in [-0.25, -0.2) is 4.98 Å². The van der Waals surface area contributed by atoms with E-state index in [1.807, 2.05) is 36.4 Å². The Morgan fingerprint density at radius 2 is 2.04 bits per heavy atom. The van der Waals surface area contributed by atoms with Gasteiger partial charge in [-0.3, -0.25) is 4.99 Å². The molecule has 0 saturated carbocycles. The Hall–Kier alpha value is -2.03. The van der Waals surface area contributed by atoms with Gasteiger partial charge in [-0.2, -0.15) is 0 Å². The number of halogens is 1. The molecule has 2 heterocycles. The summed E-state index contributed by atoms with van der Waals surface area (Å²) in [5.41, 5.74) is 2.08. The van der Waals surface area contributed by atoms with Crippen LogP contribution in [-0.2, 0) is 12.8 Å². The Labute approximate surface area is 164 Å². The topological polar surface area (TPSA) is 78.2 Å². The first kappa shape index (κ1) is 19.3. The maximum absolute atomic E-state index is 5.32. The van der Waals surface area contributed by atoms with Crippen molar-refractivity contribution < 1.29 is 4.42 Å². The number of aromatic nitrogens is 2. The molecule has 3 aromatic rings. The minimum absolute atomic E-state index is 0. The van der Waals surface area contributed by atoms with Crippen molar-refractivity contribution in [3.05, 3.63) is 54.2 Å². The number of rotatable bonds is 7. The molecule has 0 aliphatic carbocycles. The minimum atomic E-state index is 0. The number of fused-ring (bicyclic) bond motifs is 1. The lowest BCUT2D eigenvalue weighted by molar-refractivity contribution is 0.510. The van der Waals surface area contributed by atoms with Gasteiger partial charge in [-0.1, -0.05) is 12.1 Å². The van der Waals surface area contributed by atoms with E-state index in [9.17, 15) is 0 Å². The lowest BCUT2D eigenvalue weighted by Gasteiger charge is -2.10.